The molecule has 1 saturated heterocycles. The molecule has 0 bridgehead atoms. The number of nitrogens with two attached hydrogens (primary N) is 1. The van der Waals surface area contributed by atoms with E-state index in [0.29, 0.717) is 12.2 Å². The Morgan fingerprint density at radius 3 is 2.94 bits per heavy atom. The maximum absolute atomic E-state index is 12.2. The molecule has 5 heteroatoms. The fourth-order valence-electron chi connectivity index (χ4n) is 2.12. The van der Waals surface area contributed by atoms with E-state index in [1.54, 1.807) is 5.38 Å². The molecule has 16 heavy (non-hydrogen) atoms. The van der Waals surface area contributed by atoms with Gasteiger partial charge in [-0.05, 0) is 26.7 Å². The molecule has 0 radical (unpaired) electrons. The highest BCUT2D eigenvalue weighted by molar-refractivity contribution is 7.09. The van der Waals surface area contributed by atoms with E-state index in [-0.39, 0.29) is 11.4 Å². The van der Waals surface area contributed by atoms with Gasteiger partial charge in [0.15, 0.2) is 0 Å². The number of nitrogens with zero attached hydrogens (tertiary/aromatic N) is 2. The Morgan fingerprint density at radius 2 is 2.44 bits per heavy atom. The molecule has 0 aromatic carbocycles. The van der Waals surface area contributed by atoms with Crippen molar-refractivity contribution in [2.75, 3.05) is 6.54 Å². The van der Waals surface area contributed by atoms with Crippen molar-refractivity contribution in [1.29, 1.82) is 0 Å². The van der Waals surface area contributed by atoms with E-state index < -0.39 is 0 Å². The van der Waals surface area contributed by atoms with Gasteiger partial charge < -0.3 is 10.6 Å². The lowest BCUT2D eigenvalue weighted by molar-refractivity contribution is 0.0646. The average Bonchev–Trinajstić information content (AvgIpc) is 2.82. The van der Waals surface area contributed by atoms with Gasteiger partial charge >= 0.3 is 0 Å². The molecule has 1 aliphatic heterocycles. The second kappa shape index (κ2) is 4.14. The summed E-state index contributed by atoms with van der Waals surface area (Å²) in [5.41, 5.74) is 6.00. The third-order valence-corrected chi connectivity index (χ3v) is 3.96. The van der Waals surface area contributed by atoms with Crippen LogP contribution in [0.1, 0.15) is 42.2 Å². The first kappa shape index (κ1) is 11.5. The quantitative estimate of drug-likeness (QED) is 0.853. The number of hydrogen-bond acceptors (Lipinski definition) is 4. The molecule has 2 N–H and O–H groups in total. The third kappa shape index (κ3) is 1.97. The Morgan fingerprint density at radius 1 is 1.69 bits per heavy atom. The molecule has 4 nitrogen and oxygen atoms in total. The van der Waals surface area contributed by atoms with Crippen LogP contribution in [0.25, 0.3) is 0 Å². The van der Waals surface area contributed by atoms with Gasteiger partial charge in [0.2, 0.25) is 0 Å². The standard InChI is InChI=1S/C11H17N3OS/c1-11(2)4-3-5-14(11)10(15)8-7-16-9(6-12)13-8/h7H,3-6,12H2,1-2H3. The summed E-state index contributed by atoms with van der Waals surface area (Å²) in [5, 5.41) is 2.62. The first-order valence-electron chi connectivity index (χ1n) is 5.51. The van der Waals surface area contributed by atoms with Gasteiger partial charge in [-0.25, -0.2) is 4.98 Å². The summed E-state index contributed by atoms with van der Waals surface area (Å²) in [7, 11) is 0. The van der Waals surface area contributed by atoms with Crippen LogP contribution < -0.4 is 5.73 Å². The fourth-order valence-corrected chi connectivity index (χ4v) is 2.77. The van der Waals surface area contributed by atoms with Crippen LogP contribution in [-0.4, -0.2) is 27.9 Å². The van der Waals surface area contributed by atoms with Crippen molar-refractivity contribution in [3.05, 3.63) is 16.1 Å². The molecule has 1 amide bonds. The van der Waals surface area contributed by atoms with Crippen molar-refractivity contribution in [2.45, 2.75) is 38.8 Å². The Bertz CT molecular complexity index is 400. The molecule has 1 aliphatic rings. The number of thiazole rings is 1. The lowest BCUT2D eigenvalue weighted by Gasteiger charge is -2.30. The highest BCUT2D eigenvalue weighted by Crippen LogP contribution is 2.29. The van der Waals surface area contributed by atoms with E-state index in [2.05, 4.69) is 18.8 Å². The van der Waals surface area contributed by atoms with Gasteiger partial charge in [-0.3, -0.25) is 4.79 Å². The molecule has 1 fully saturated rings. The first-order valence-corrected chi connectivity index (χ1v) is 6.39. The summed E-state index contributed by atoms with van der Waals surface area (Å²) in [4.78, 5) is 18.4. The van der Waals surface area contributed by atoms with Crippen LogP contribution in [0.2, 0.25) is 0 Å². The van der Waals surface area contributed by atoms with E-state index in [1.807, 2.05) is 4.90 Å². The van der Waals surface area contributed by atoms with Crippen molar-refractivity contribution >= 4 is 17.2 Å². The number of rotatable bonds is 2. The molecule has 0 atom stereocenters. The van der Waals surface area contributed by atoms with Crippen LogP contribution in [-0.2, 0) is 6.54 Å². The van der Waals surface area contributed by atoms with Crippen molar-refractivity contribution in [3.8, 4) is 0 Å². The first-order chi connectivity index (χ1) is 7.54. The molecular weight excluding hydrogens is 222 g/mol. The van der Waals surface area contributed by atoms with E-state index in [4.69, 9.17) is 5.73 Å². The van der Waals surface area contributed by atoms with Crippen molar-refractivity contribution in [2.24, 2.45) is 5.73 Å². The summed E-state index contributed by atoms with van der Waals surface area (Å²) in [6.45, 7) is 5.45. The van der Waals surface area contributed by atoms with Gasteiger partial charge in [-0.2, -0.15) is 0 Å². The number of carbonyl (C=O) groups is 1. The predicted octanol–water partition coefficient (Wildman–Crippen LogP) is 1.62. The lowest BCUT2D eigenvalue weighted by atomic mass is 10.0. The normalized spacial score (nSPS) is 19.1. The molecule has 0 spiro atoms. The van der Waals surface area contributed by atoms with Crippen molar-refractivity contribution in [1.82, 2.24) is 9.88 Å². The Labute approximate surface area is 99.5 Å². The zero-order valence-corrected chi connectivity index (χ0v) is 10.5. The number of hydrogen-bond donors (Lipinski definition) is 1. The molecule has 0 saturated carbocycles. The predicted molar refractivity (Wildman–Crippen MR) is 64.4 cm³/mol. The maximum atomic E-state index is 12.2. The van der Waals surface area contributed by atoms with Gasteiger partial charge in [0.25, 0.3) is 5.91 Å². The second-order valence-corrected chi connectivity index (χ2v) is 5.65. The highest BCUT2D eigenvalue weighted by Gasteiger charge is 2.36. The van der Waals surface area contributed by atoms with Gasteiger partial charge in [0.05, 0.1) is 0 Å². The van der Waals surface area contributed by atoms with Crippen LogP contribution in [0.5, 0.6) is 0 Å². The smallest absolute Gasteiger partial charge is 0.273 e. The Balaban J connectivity index is 2.19. The number of carbonyl (C=O) groups excluding carboxylic acids is 1. The topological polar surface area (TPSA) is 59.2 Å². The largest absolute Gasteiger partial charge is 0.332 e. The summed E-state index contributed by atoms with van der Waals surface area (Å²) in [6.07, 6.45) is 2.14. The number of amides is 1. The summed E-state index contributed by atoms with van der Waals surface area (Å²) in [5.74, 6) is 0.0402. The van der Waals surface area contributed by atoms with Crippen LogP contribution >= 0.6 is 11.3 Å². The molecule has 0 unspecified atom stereocenters. The average molecular weight is 239 g/mol. The Kier molecular flexibility index (Phi) is 2.99. The second-order valence-electron chi connectivity index (χ2n) is 4.70. The number of likely N-dealkylation sites (tertiary alicyclic amines) is 1. The molecule has 0 aliphatic carbocycles. The van der Waals surface area contributed by atoms with E-state index in [0.717, 1.165) is 24.4 Å². The zero-order chi connectivity index (χ0) is 11.8. The highest BCUT2D eigenvalue weighted by atomic mass is 32.1. The molecule has 88 valence electrons. The SMILES string of the molecule is CC1(C)CCCN1C(=O)c1csc(CN)n1. The molecule has 1 aromatic rings. The van der Waals surface area contributed by atoms with Crippen molar-refractivity contribution in [3.63, 3.8) is 0 Å². The molecule has 2 rings (SSSR count). The van der Waals surface area contributed by atoms with Gasteiger partial charge in [0, 0.05) is 24.0 Å². The van der Waals surface area contributed by atoms with E-state index in [9.17, 15) is 4.79 Å². The zero-order valence-electron chi connectivity index (χ0n) is 9.69. The molecule has 1 aromatic heterocycles. The molecule has 2 heterocycles. The minimum Gasteiger partial charge on any atom is -0.332 e. The molecular formula is C11H17N3OS. The third-order valence-electron chi connectivity index (χ3n) is 3.09. The van der Waals surface area contributed by atoms with Gasteiger partial charge in [0.1, 0.15) is 10.7 Å². The summed E-state index contributed by atoms with van der Waals surface area (Å²) < 4.78 is 0. The number of aromatic nitrogens is 1. The Hall–Kier alpha value is -0.940. The summed E-state index contributed by atoms with van der Waals surface area (Å²) in [6, 6.07) is 0. The van der Waals surface area contributed by atoms with Gasteiger partial charge in [-0.15, -0.1) is 11.3 Å². The minimum atomic E-state index is -0.0381. The minimum absolute atomic E-state index is 0.0381. The van der Waals surface area contributed by atoms with Crippen LogP contribution in [0.3, 0.4) is 0 Å². The monoisotopic (exact) mass is 239 g/mol. The maximum Gasteiger partial charge on any atom is 0.273 e. The van der Waals surface area contributed by atoms with Crippen LogP contribution in [0.4, 0.5) is 0 Å². The van der Waals surface area contributed by atoms with E-state index in [1.165, 1.54) is 11.3 Å². The van der Waals surface area contributed by atoms with Gasteiger partial charge in [-0.1, -0.05) is 0 Å². The van der Waals surface area contributed by atoms with Crippen molar-refractivity contribution < 1.29 is 4.79 Å². The fraction of sp³-hybridized carbons (Fsp3) is 0.636. The van der Waals surface area contributed by atoms with Crippen LogP contribution in [0, 0.1) is 0 Å². The van der Waals surface area contributed by atoms with E-state index >= 15 is 0 Å². The van der Waals surface area contributed by atoms with Crippen LogP contribution in [0.15, 0.2) is 5.38 Å². The lowest BCUT2D eigenvalue weighted by Crippen LogP contribution is -2.42. The summed E-state index contributed by atoms with van der Waals surface area (Å²) >= 11 is 1.45.